The van der Waals surface area contributed by atoms with E-state index < -0.39 is 17.6 Å². The Morgan fingerprint density at radius 3 is 2.42 bits per heavy atom. The average molecular weight is 369 g/mol. The number of benzene rings is 1. The second-order valence-corrected chi connectivity index (χ2v) is 5.38. The Morgan fingerprint density at radius 2 is 1.81 bits per heavy atom. The number of hydrogen-bond donors (Lipinski definition) is 0. The van der Waals surface area contributed by atoms with E-state index in [9.17, 15) is 13.2 Å². The van der Waals surface area contributed by atoms with Gasteiger partial charge in [0.05, 0.1) is 18.9 Å². The Morgan fingerprint density at radius 1 is 1.08 bits per heavy atom. The Kier molecular flexibility index (Phi) is 6.65. The van der Waals surface area contributed by atoms with Crippen LogP contribution in [0.1, 0.15) is 32.8 Å². The third kappa shape index (κ3) is 4.56. The topological polar surface area (TPSA) is 47.5 Å². The Labute approximate surface area is 150 Å². The zero-order valence-corrected chi connectivity index (χ0v) is 15.0. The highest BCUT2D eigenvalue weighted by atomic mass is 19.4. The molecule has 0 aliphatic rings. The van der Waals surface area contributed by atoms with Crippen molar-refractivity contribution < 1.29 is 22.6 Å². The number of hydrogen-bond acceptors (Lipinski definition) is 5. The fraction of sp³-hybridized carbons (Fsp3) is 0.444. The molecule has 0 amide bonds. The third-order valence-electron chi connectivity index (χ3n) is 3.50. The molecule has 26 heavy (non-hydrogen) atoms. The second kappa shape index (κ2) is 8.73. The van der Waals surface area contributed by atoms with Crippen LogP contribution >= 0.6 is 0 Å². The van der Waals surface area contributed by atoms with Crippen LogP contribution in [0.3, 0.4) is 0 Å². The van der Waals surface area contributed by atoms with Gasteiger partial charge in [-0.2, -0.15) is 18.2 Å². The molecular weight excluding hydrogens is 347 g/mol. The molecule has 142 valence electrons. The molecule has 0 bridgehead atoms. The zero-order valence-electron chi connectivity index (χ0n) is 15.0. The molecule has 0 aliphatic heterocycles. The molecule has 1 heterocycles. The molecule has 5 nitrogen and oxygen atoms in total. The van der Waals surface area contributed by atoms with Crippen LogP contribution in [-0.4, -0.2) is 29.7 Å². The zero-order chi connectivity index (χ0) is 19.2. The van der Waals surface area contributed by atoms with Gasteiger partial charge in [0.15, 0.2) is 0 Å². The average Bonchev–Trinajstić information content (AvgIpc) is 2.61. The summed E-state index contributed by atoms with van der Waals surface area (Å²) in [7, 11) is 0. The largest absolute Gasteiger partial charge is 0.492 e. The van der Waals surface area contributed by atoms with Crippen molar-refractivity contribution >= 4 is 11.6 Å². The maximum Gasteiger partial charge on any atom is 0.423 e. The lowest BCUT2D eigenvalue weighted by atomic mass is 10.2. The van der Waals surface area contributed by atoms with Gasteiger partial charge in [0.25, 0.3) is 0 Å². The molecule has 1 aromatic heterocycles. The van der Waals surface area contributed by atoms with Crippen LogP contribution in [0.4, 0.5) is 24.8 Å². The molecule has 0 saturated heterocycles. The number of halogens is 3. The molecule has 0 spiro atoms. The van der Waals surface area contributed by atoms with E-state index >= 15 is 0 Å². The van der Waals surface area contributed by atoms with Crippen LogP contribution in [0.25, 0.3) is 0 Å². The highest BCUT2D eigenvalue weighted by Crippen LogP contribution is 2.37. The number of anilines is 2. The molecule has 0 saturated carbocycles. The van der Waals surface area contributed by atoms with Gasteiger partial charge in [0, 0.05) is 12.7 Å². The molecule has 2 aromatic rings. The van der Waals surface area contributed by atoms with Gasteiger partial charge in [-0.3, -0.25) is 0 Å². The molecule has 8 heteroatoms. The molecule has 0 unspecified atom stereocenters. The van der Waals surface area contributed by atoms with Gasteiger partial charge in [0.2, 0.25) is 11.8 Å². The molecule has 0 fully saturated rings. The van der Waals surface area contributed by atoms with Crippen LogP contribution < -0.4 is 14.4 Å². The normalized spacial score (nSPS) is 11.3. The summed E-state index contributed by atoms with van der Waals surface area (Å²) in [5.74, 6) is 0.270. The maximum atomic E-state index is 13.2. The summed E-state index contributed by atoms with van der Waals surface area (Å²) in [5.41, 5.74) is -0.304. The SMILES string of the molecule is CCCOc1nc(N(CC)c2ccccc2OCC)ncc1C(F)(F)F. The first-order valence-electron chi connectivity index (χ1n) is 8.48. The summed E-state index contributed by atoms with van der Waals surface area (Å²) in [4.78, 5) is 9.65. The van der Waals surface area contributed by atoms with Crippen LogP contribution in [0.5, 0.6) is 11.6 Å². The number of para-hydroxylation sites is 2. The number of rotatable bonds is 8. The number of aromatic nitrogens is 2. The number of ether oxygens (including phenoxy) is 2. The van der Waals surface area contributed by atoms with E-state index in [2.05, 4.69) is 9.97 Å². The lowest BCUT2D eigenvalue weighted by Crippen LogP contribution is -2.21. The Balaban J connectivity index is 2.48. The van der Waals surface area contributed by atoms with Crippen LogP contribution in [0, 0.1) is 0 Å². The fourth-order valence-corrected chi connectivity index (χ4v) is 2.37. The quantitative estimate of drug-likeness (QED) is 0.666. The second-order valence-electron chi connectivity index (χ2n) is 5.38. The highest BCUT2D eigenvalue weighted by Gasteiger charge is 2.36. The van der Waals surface area contributed by atoms with Gasteiger partial charge < -0.3 is 14.4 Å². The van der Waals surface area contributed by atoms with E-state index in [4.69, 9.17) is 9.47 Å². The van der Waals surface area contributed by atoms with E-state index in [0.29, 0.717) is 31.0 Å². The summed E-state index contributed by atoms with van der Waals surface area (Å²) in [6, 6.07) is 7.24. The van der Waals surface area contributed by atoms with Crippen molar-refractivity contribution in [3.8, 4) is 11.6 Å². The number of alkyl halides is 3. The van der Waals surface area contributed by atoms with Gasteiger partial charge in [-0.1, -0.05) is 19.1 Å². The van der Waals surface area contributed by atoms with Crippen LogP contribution in [-0.2, 0) is 6.18 Å². The van der Waals surface area contributed by atoms with Gasteiger partial charge in [-0.15, -0.1) is 0 Å². The minimum absolute atomic E-state index is 0.124. The molecule has 0 atom stereocenters. The first-order chi connectivity index (χ1) is 12.4. The van der Waals surface area contributed by atoms with Gasteiger partial charge in [0.1, 0.15) is 11.3 Å². The smallest absolute Gasteiger partial charge is 0.423 e. The lowest BCUT2D eigenvalue weighted by Gasteiger charge is -2.24. The monoisotopic (exact) mass is 369 g/mol. The van der Waals surface area contributed by atoms with Gasteiger partial charge >= 0.3 is 6.18 Å². The Hall–Kier alpha value is -2.51. The van der Waals surface area contributed by atoms with Crippen molar-refractivity contribution in [3.63, 3.8) is 0 Å². The first kappa shape index (κ1) is 19.8. The Bertz CT molecular complexity index is 723. The predicted molar refractivity (Wildman–Crippen MR) is 93.1 cm³/mol. The highest BCUT2D eigenvalue weighted by molar-refractivity contribution is 5.65. The van der Waals surface area contributed by atoms with Gasteiger partial charge in [-0.25, -0.2) is 4.98 Å². The molecule has 2 rings (SSSR count). The van der Waals surface area contributed by atoms with E-state index in [1.165, 1.54) is 0 Å². The summed E-state index contributed by atoms with van der Waals surface area (Å²) in [6.45, 7) is 6.58. The van der Waals surface area contributed by atoms with E-state index in [-0.39, 0.29) is 12.6 Å². The summed E-state index contributed by atoms with van der Waals surface area (Å²) in [5, 5.41) is 0. The van der Waals surface area contributed by atoms with Crippen LogP contribution in [0.15, 0.2) is 30.5 Å². The molecular formula is C18H22F3N3O2. The van der Waals surface area contributed by atoms with Crippen molar-refractivity contribution in [2.45, 2.75) is 33.4 Å². The van der Waals surface area contributed by atoms with Crippen molar-refractivity contribution in [3.05, 3.63) is 36.0 Å². The van der Waals surface area contributed by atoms with E-state index in [0.717, 1.165) is 6.20 Å². The standard InChI is InChI=1S/C18H22F3N3O2/c1-4-11-26-16-13(18(19,20)21)12-22-17(23-16)24(5-2)14-9-7-8-10-15(14)25-6-3/h7-10,12H,4-6,11H2,1-3H3. The van der Waals surface area contributed by atoms with Crippen molar-refractivity contribution in [2.75, 3.05) is 24.7 Å². The maximum absolute atomic E-state index is 13.2. The first-order valence-corrected chi connectivity index (χ1v) is 8.48. The predicted octanol–water partition coefficient (Wildman–Crippen LogP) is 4.84. The lowest BCUT2D eigenvalue weighted by molar-refractivity contribution is -0.139. The van der Waals surface area contributed by atoms with Crippen molar-refractivity contribution in [1.29, 1.82) is 0 Å². The van der Waals surface area contributed by atoms with Gasteiger partial charge in [-0.05, 0) is 32.4 Å². The van der Waals surface area contributed by atoms with Crippen LogP contribution in [0.2, 0.25) is 0 Å². The molecule has 0 radical (unpaired) electrons. The summed E-state index contributed by atoms with van der Waals surface area (Å²) in [6.07, 6.45) is -3.25. The molecule has 1 aromatic carbocycles. The minimum atomic E-state index is -4.58. The number of nitrogens with zero attached hydrogens (tertiary/aromatic N) is 3. The van der Waals surface area contributed by atoms with E-state index in [1.54, 1.807) is 11.0 Å². The van der Waals surface area contributed by atoms with Crippen molar-refractivity contribution in [2.24, 2.45) is 0 Å². The van der Waals surface area contributed by atoms with Crippen molar-refractivity contribution in [1.82, 2.24) is 9.97 Å². The summed E-state index contributed by atoms with van der Waals surface area (Å²) >= 11 is 0. The molecule has 0 aliphatic carbocycles. The molecule has 0 N–H and O–H groups in total. The third-order valence-corrected chi connectivity index (χ3v) is 3.50. The van der Waals surface area contributed by atoms with E-state index in [1.807, 2.05) is 39.0 Å². The minimum Gasteiger partial charge on any atom is -0.492 e. The fourth-order valence-electron chi connectivity index (χ4n) is 2.37. The summed E-state index contributed by atoms with van der Waals surface area (Å²) < 4.78 is 50.4.